The minimum absolute atomic E-state index is 0.296. The first-order valence-electron chi connectivity index (χ1n) is 14.5. The third kappa shape index (κ3) is 7.00. The number of ether oxygens (including phenoxy) is 1. The summed E-state index contributed by atoms with van der Waals surface area (Å²) in [6.07, 6.45) is 7.73. The molecule has 0 radical (unpaired) electrons. The Morgan fingerprint density at radius 3 is 2.40 bits per heavy atom. The molecule has 4 aromatic rings. The Labute approximate surface area is 259 Å². The van der Waals surface area contributed by atoms with Gasteiger partial charge < -0.3 is 24.8 Å². The van der Waals surface area contributed by atoms with Crippen LogP contribution >= 0.6 is 18.7 Å². The number of anilines is 5. The summed E-state index contributed by atoms with van der Waals surface area (Å²) >= 11 is 6.50. The van der Waals surface area contributed by atoms with E-state index in [4.69, 9.17) is 16.3 Å². The molecule has 2 aromatic heterocycles. The molecule has 2 N–H and O–H groups in total. The van der Waals surface area contributed by atoms with Gasteiger partial charge in [-0.15, -0.1) is 0 Å². The molecule has 0 unspecified atom stereocenters. The fourth-order valence-corrected chi connectivity index (χ4v) is 6.98. The summed E-state index contributed by atoms with van der Waals surface area (Å²) in [5.41, 5.74) is 4.88. The molecule has 0 atom stereocenters. The molecule has 1 aliphatic rings. The first-order valence-corrected chi connectivity index (χ1v) is 17.5. The summed E-state index contributed by atoms with van der Waals surface area (Å²) < 4.78 is 20.6. The molecule has 1 fully saturated rings. The lowest BCUT2D eigenvalue weighted by Gasteiger charge is -2.40. The second-order valence-corrected chi connectivity index (χ2v) is 16.2. The molecule has 0 saturated carbocycles. The Morgan fingerprint density at radius 1 is 1.05 bits per heavy atom. The topological polar surface area (TPSA) is 97.2 Å². The van der Waals surface area contributed by atoms with Gasteiger partial charge in [-0.05, 0) is 55.7 Å². The molecule has 1 saturated heterocycles. The van der Waals surface area contributed by atoms with Crippen LogP contribution in [0.1, 0.15) is 33.6 Å². The van der Waals surface area contributed by atoms with Crippen LogP contribution in [0.2, 0.25) is 5.02 Å². The van der Waals surface area contributed by atoms with Crippen molar-refractivity contribution in [2.24, 2.45) is 18.4 Å². The fraction of sp³-hybridized carbons (Fsp3) is 0.406. The molecule has 11 heteroatoms. The molecule has 9 nitrogen and oxygen atoms in total. The lowest BCUT2D eigenvalue weighted by Crippen LogP contribution is -2.38. The molecule has 2 aromatic carbocycles. The summed E-state index contributed by atoms with van der Waals surface area (Å²) in [7, 11) is 1.05. The Balaban J connectivity index is 1.49. The van der Waals surface area contributed by atoms with E-state index in [2.05, 4.69) is 63.5 Å². The highest BCUT2D eigenvalue weighted by atomic mass is 35.5. The van der Waals surface area contributed by atoms with Crippen LogP contribution in [0.3, 0.4) is 0 Å². The average Bonchev–Trinajstić information content (AvgIpc) is 3.40. The van der Waals surface area contributed by atoms with Crippen LogP contribution in [0.5, 0.6) is 5.75 Å². The lowest BCUT2D eigenvalue weighted by molar-refractivity contribution is 0.199. The average molecular weight is 622 g/mol. The number of methoxy groups -OCH3 is 1. The minimum atomic E-state index is -2.54. The largest absolute Gasteiger partial charge is 0.494 e. The Kier molecular flexibility index (Phi) is 8.77. The van der Waals surface area contributed by atoms with E-state index in [1.165, 1.54) is 0 Å². The predicted octanol–water partition coefficient (Wildman–Crippen LogP) is 7.54. The molecule has 0 spiro atoms. The Morgan fingerprint density at radius 2 is 1.77 bits per heavy atom. The number of hydrogen-bond donors (Lipinski definition) is 2. The van der Waals surface area contributed by atoms with Gasteiger partial charge in [0, 0.05) is 54.5 Å². The van der Waals surface area contributed by atoms with E-state index in [-0.39, 0.29) is 0 Å². The van der Waals surface area contributed by atoms with E-state index in [1.54, 1.807) is 26.6 Å². The third-order valence-electron chi connectivity index (χ3n) is 8.12. The van der Waals surface area contributed by atoms with E-state index in [9.17, 15) is 4.57 Å². The maximum Gasteiger partial charge on any atom is 0.229 e. The molecule has 43 heavy (non-hydrogen) atoms. The standard InChI is InChI=1S/C32H41ClN7O2P/c1-32(2,3)22-12-14-40(15-13-22)27-17-28(42-5)26(16-23(27)21-18-35-39(4)20-21)37-31-34-19-24(33)30(38-31)36-25-10-8-9-11-29(25)43(6,7)41/h8-11,16-20,22H,12-15H2,1-7H3,(H2,34,36,37,38). The zero-order chi connectivity index (χ0) is 30.9. The van der Waals surface area contributed by atoms with Crippen LogP contribution in [0, 0.1) is 11.3 Å². The number of piperidine rings is 1. The second-order valence-electron chi connectivity index (χ2n) is 12.6. The zero-order valence-electron chi connectivity index (χ0n) is 26.0. The normalized spacial score (nSPS) is 14.6. The van der Waals surface area contributed by atoms with Crippen molar-refractivity contribution in [3.05, 3.63) is 60.0 Å². The Hall–Kier alpha value is -3.55. The number of rotatable bonds is 8. The highest BCUT2D eigenvalue weighted by Crippen LogP contribution is 2.43. The van der Waals surface area contributed by atoms with E-state index in [0.29, 0.717) is 39.6 Å². The maximum absolute atomic E-state index is 12.9. The first kappa shape index (κ1) is 30.9. The molecule has 0 amide bonds. The van der Waals surface area contributed by atoms with Crippen molar-refractivity contribution >= 4 is 52.9 Å². The van der Waals surface area contributed by atoms with Crippen molar-refractivity contribution in [3.63, 3.8) is 0 Å². The molecule has 0 bridgehead atoms. The number of nitrogens with zero attached hydrogens (tertiary/aromatic N) is 5. The predicted molar refractivity (Wildman–Crippen MR) is 179 cm³/mol. The van der Waals surface area contributed by atoms with Gasteiger partial charge in [0.1, 0.15) is 17.9 Å². The van der Waals surface area contributed by atoms with Crippen molar-refractivity contribution in [2.75, 3.05) is 49.1 Å². The number of halogens is 1. The van der Waals surface area contributed by atoms with E-state index in [0.717, 1.165) is 53.7 Å². The van der Waals surface area contributed by atoms with Crippen LogP contribution in [0.4, 0.5) is 28.8 Å². The summed E-state index contributed by atoms with van der Waals surface area (Å²) in [6.45, 7) is 12.4. The van der Waals surface area contributed by atoms with Crippen molar-refractivity contribution in [1.29, 1.82) is 0 Å². The number of para-hydroxylation sites is 1. The van der Waals surface area contributed by atoms with Gasteiger partial charge in [0.05, 0.1) is 30.9 Å². The lowest BCUT2D eigenvalue weighted by atomic mass is 9.75. The van der Waals surface area contributed by atoms with Gasteiger partial charge in [-0.25, -0.2) is 4.98 Å². The highest BCUT2D eigenvalue weighted by Gasteiger charge is 2.30. The van der Waals surface area contributed by atoms with E-state index in [1.807, 2.05) is 48.4 Å². The number of benzene rings is 2. The molecule has 228 valence electrons. The van der Waals surface area contributed by atoms with Crippen LogP contribution in [-0.2, 0) is 11.6 Å². The maximum atomic E-state index is 12.9. The van der Waals surface area contributed by atoms with Crippen molar-refractivity contribution in [1.82, 2.24) is 19.7 Å². The molecule has 5 rings (SSSR count). The smallest absolute Gasteiger partial charge is 0.229 e. The summed E-state index contributed by atoms with van der Waals surface area (Å²) in [4.78, 5) is 11.6. The quantitative estimate of drug-likeness (QED) is 0.195. The van der Waals surface area contributed by atoms with Gasteiger partial charge in [-0.1, -0.05) is 44.5 Å². The van der Waals surface area contributed by atoms with Crippen LogP contribution in [0.15, 0.2) is 55.0 Å². The van der Waals surface area contributed by atoms with Crippen molar-refractivity contribution in [3.8, 4) is 16.9 Å². The van der Waals surface area contributed by atoms with Crippen LogP contribution in [-0.4, -0.2) is 53.3 Å². The highest BCUT2D eigenvalue weighted by molar-refractivity contribution is 7.70. The number of nitrogens with one attached hydrogen (secondary N) is 2. The first-order chi connectivity index (χ1) is 20.3. The summed E-state index contributed by atoms with van der Waals surface area (Å²) in [5, 5.41) is 12.1. The van der Waals surface area contributed by atoms with Gasteiger partial charge in [0.2, 0.25) is 5.95 Å². The number of hydrogen-bond acceptors (Lipinski definition) is 8. The minimum Gasteiger partial charge on any atom is -0.494 e. The van der Waals surface area contributed by atoms with Gasteiger partial charge in [0.15, 0.2) is 5.82 Å². The third-order valence-corrected chi connectivity index (χ3v) is 9.95. The number of aromatic nitrogens is 4. The van der Waals surface area contributed by atoms with Gasteiger partial charge in [-0.3, -0.25) is 4.68 Å². The summed E-state index contributed by atoms with van der Waals surface area (Å²) in [6, 6.07) is 11.6. The van der Waals surface area contributed by atoms with Crippen LogP contribution < -0.4 is 25.6 Å². The van der Waals surface area contributed by atoms with Crippen molar-refractivity contribution < 1.29 is 9.30 Å². The molecular formula is C32H41ClN7O2P. The monoisotopic (exact) mass is 621 g/mol. The van der Waals surface area contributed by atoms with Crippen molar-refractivity contribution in [2.45, 2.75) is 33.6 Å². The van der Waals surface area contributed by atoms with Crippen LogP contribution in [0.25, 0.3) is 11.1 Å². The number of aryl methyl sites for hydroxylation is 1. The molecular weight excluding hydrogens is 581 g/mol. The fourth-order valence-electron chi connectivity index (χ4n) is 5.69. The van der Waals surface area contributed by atoms with E-state index < -0.39 is 7.14 Å². The second kappa shape index (κ2) is 12.2. The van der Waals surface area contributed by atoms with E-state index >= 15 is 0 Å². The Bertz CT molecular complexity index is 1650. The SMILES string of the molecule is COc1cc(N2CCC(C(C)(C)C)CC2)c(-c2cnn(C)c2)cc1Nc1ncc(Cl)c(Nc2ccccc2P(C)(C)=O)n1. The zero-order valence-corrected chi connectivity index (χ0v) is 27.6. The van der Waals surface area contributed by atoms with Gasteiger partial charge in [0.25, 0.3) is 0 Å². The van der Waals surface area contributed by atoms with Gasteiger partial charge >= 0.3 is 0 Å². The molecule has 0 aliphatic carbocycles. The van der Waals surface area contributed by atoms with Gasteiger partial charge in [-0.2, -0.15) is 10.1 Å². The molecule has 3 heterocycles. The molecule has 1 aliphatic heterocycles. The summed E-state index contributed by atoms with van der Waals surface area (Å²) in [5.74, 6) is 2.11.